The molecule has 0 spiro atoms. The van der Waals surface area contributed by atoms with Gasteiger partial charge in [0.25, 0.3) is 0 Å². The number of hydrogen-bond acceptors (Lipinski definition) is 3. The van der Waals surface area contributed by atoms with Gasteiger partial charge in [-0.1, -0.05) is 29.8 Å². The van der Waals surface area contributed by atoms with E-state index >= 15 is 0 Å². The summed E-state index contributed by atoms with van der Waals surface area (Å²) in [7, 11) is -2.07. The number of aryl methyl sites for hydroxylation is 1. The summed E-state index contributed by atoms with van der Waals surface area (Å²) in [6.07, 6.45) is 2.00. The van der Waals surface area contributed by atoms with Gasteiger partial charge in [0, 0.05) is 24.5 Å². The van der Waals surface area contributed by atoms with Gasteiger partial charge >= 0.3 is 0 Å². The van der Waals surface area contributed by atoms with E-state index < -0.39 is 10.0 Å². The van der Waals surface area contributed by atoms with E-state index in [1.54, 1.807) is 31.4 Å². The van der Waals surface area contributed by atoms with Crippen LogP contribution in [0.15, 0.2) is 71.8 Å². The molecule has 0 saturated carbocycles. The highest BCUT2D eigenvalue weighted by molar-refractivity contribution is 7.89. The predicted molar refractivity (Wildman–Crippen MR) is 116 cm³/mol. The Morgan fingerprint density at radius 2 is 1.76 bits per heavy atom. The fourth-order valence-corrected chi connectivity index (χ4v) is 4.95. The molecular weight excluding hydrogens is 384 g/mol. The van der Waals surface area contributed by atoms with E-state index in [0.29, 0.717) is 18.8 Å². The summed E-state index contributed by atoms with van der Waals surface area (Å²) >= 11 is 0. The molecule has 2 aromatic carbocycles. The normalized spacial score (nSPS) is 11.9. The minimum Gasteiger partial charge on any atom is -0.497 e. The summed E-state index contributed by atoms with van der Waals surface area (Å²) in [5, 5.41) is 0. The van der Waals surface area contributed by atoms with Crippen LogP contribution >= 0.6 is 0 Å². The van der Waals surface area contributed by atoms with Crippen LogP contribution in [0.3, 0.4) is 0 Å². The Labute approximate surface area is 173 Å². The zero-order chi connectivity index (χ0) is 21.0. The van der Waals surface area contributed by atoms with Gasteiger partial charge in [-0.2, -0.15) is 4.31 Å². The molecule has 3 aromatic rings. The number of benzene rings is 2. The van der Waals surface area contributed by atoms with Gasteiger partial charge < -0.3 is 9.30 Å². The molecule has 154 valence electrons. The van der Waals surface area contributed by atoms with E-state index in [0.717, 1.165) is 5.69 Å². The summed E-state index contributed by atoms with van der Waals surface area (Å²) in [5.41, 5.74) is 3.36. The molecule has 0 atom stereocenters. The first-order valence-corrected chi connectivity index (χ1v) is 11.1. The van der Waals surface area contributed by atoms with E-state index in [1.165, 1.54) is 15.4 Å². The molecule has 3 rings (SSSR count). The first-order valence-electron chi connectivity index (χ1n) is 9.66. The molecule has 0 fully saturated rings. The summed E-state index contributed by atoms with van der Waals surface area (Å²) in [6, 6.07) is 18.7. The smallest absolute Gasteiger partial charge is 0.243 e. The Bertz CT molecular complexity index is 1050. The van der Waals surface area contributed by atoms with Gasteiger partial charge in [-0.05, 0) is 62.7 Å². The highest BCUT2D eigenvalue weighted by Crippen LogP contribution is 2.23. The van der Waals surface area contributed by atoms with Crippen LogP contribution in [-0.2, 0) is 23.1 Å². The Morgan fingerprint density at radius 3 is 2.38 bits per heavy atom. The Balaban J connectivity index is 1.87. The zero-order valence-electron chi connectivity index (χ0n) is 17.4. The minimum atomic E-state index is -3.63. The van der Waals surface area contributed by atoms with Crippen molar-refractivity contribution in [3.63, 3.8) is 0 Å². The molecule has 0 saturated heterocycles. The van der Waals surface area contributed by atoms with E-state index in [-0.39, 0.29) is 10.9 Å². The maximum absolute atomic E-state index is 13.3. The van der Waals surface area contributed by atoms with Crippen LogP contribution in [0.2, 0.25) is 0 Å². The second kappa shape index (κ2) is 8.84. The van der Waals surface area contributed by atoms with Crippen LogP contribution in [0, 0.1) is 6.92 Å². The lowest BCUT2D eigenvalue weighted by Gasteiger charge is -2.26. The van der Waals surface area contributed by atoms with Gasteiger partial charge in [0.1, 0.15) is 5.75 Å². The predicted octanol–water partition coefficient (Wildman–Crippen LogP) is 4.45. The van der Waals surface area contributed by atoms with Crippen molar-refractivity contribution < 1.29 is 13.2 Å². The average molecular weight is 413 g/mol. The highest BCUT2D eigenvalue weighted by Gasteiger charge is 2.28. The lowest BCUT2D eigenvalue weighted by Crippen LogP contribution is -2.37. The highest BCUT2D eigenvalue weighted by atomic mass is 32.2. The lowest BCUT2D eigenvalue weighted by atomic mass is 10.1. The van der Waals surface area contributed by atoms with Crippen molar-refractivity contribution in [1.82, 2.24) is 8.87 Å². The second-order valence-corrected chi connectivity index (χ2v) is 9.33. The molecule has 0 unspecified atom stereocenters. The molecule has 0 radical (unpaired) electrons. The number of rotatable bonds is 8. The van der Waals surface area contributed by atoms with Crippen LogP contribution in [0.5, 0.6) is 5.75 Å². The Kier molecular flexibility index (Phi) is 6.45. The Morgan fingerprint density at radius 1 is 1.03 bits per heavy atom. The number of hydrogen-bond donors (Lipinski definition) is 0. The summed E-state index contributed by atoms with van der Waals surface area (Å²) < 4.78 is 35.4. The third-order valence-corrected chi connectivity index (χ3v) is 6.95. The fraction of sp³-hybridized carbons (Fsp3) is 0.304. The van der Waals surface area contributed by atoms with E-state index in [2.05, 4.69) is 29.7 Å². The number of methoxy groups -OCH3 is 1. The van der Waals surface area contributed by atoms with Crippen molar-refractivity contribution in [3.8, 4) is 5.75 Å². The van der Waals surface area contributed by atoms with Crippen LogP contribution in [0.25, 0.3) is 0 Å². The molecule has 0 bridgehead atoms. The van der Waals surface area contributed by atoms with E-state index in [9.17, 15) is 8.42 Å². The number of aromatic nitrogens is 1. The van der Waals surface area contributed by atoms with Crippen molar-refractivity contribution in [1.29, 1.82) is 0 Å². The van der Waals surface area contributed by atoms with Crippen molar-refractivity contribution in [2.45, 2.75) is 44.8 Å². The lowest BCUT2D eigenvalue weighted by molar-refractivity contribution is 0.340. The SMILES string of the molecule is COc1ccc(S(=O)(=O)N(Cc2cccn2Cc2cccc(C)c2)C(C)C)cc1. The largest absolute Gasteiger partial charge is 0.497 e. The molecule has 1 aromatic heterocycles. The van der Waals surface area contributed by atoms with Crippen molar-refractivity contribution >= 4 is 10.0 Å². The van der Waals surface area contributed by atoms with Gasteiger partial charge in [0.15, 0.2) is 0 Å². The molecule has 0 N–H and O–H groups in total. The Hall–Kier alpha value is -2.57. The molecule has 5 nitrogen and oxygen atoms in total. The first kappa shape index (κ1) is 21.1. The van der Waals surface area contributed by atoms with Gasteiger partial charge in [-0.15, -0.1) is 0 Å². The maximum Gasteiger partial charge on any atom is 0.243 e. The third-order valence-electron chi connectivity index (χ3n) is 4.92. The molecule has 1 heterocycles. The summed E-state index contributed by atoms with van der Waals surface area (Å²) in [4.78, 5) is 0.267. The summed E-state index contributed by atoms with van der Waals surface area (Å²) in [5.74, 6) is 0.632. The topological polar surface area (TPSA) is 51.5 Å². The molecular formula is C23H28N2O3S. The van der Waals surface area contributed by atoms with E-state index in [4.69, 9.17) is 4.74 Å². The standard InChI is InChI=1S/C23H28N2O3S/c1-18(2)25(29(26,27)23-12-10-22(28-4)11-13-23)17-21-9-6-14-24(21)16-20-8-5-7-19(3)15-20/h5-15,18H,16-17H2,1-4H3. The summed E-state index contributed by atoms with van der Waals surface area (Å²) in [6.45, 7) is 6.88. The molecule has 0 aliphatic rings. The first-order chi connectivity index (χ1) is 13.8. The second-order valence-electron chi connectivity index (χ2n) is 7.44. The third kappa shape index (κ3) is 4.89. The van der Waals surface area contributed by atoms with E-state index in [1.807, 2.05) is 38.2 Å². The monoisotopic (exact) mass is 412 g/mol. The fourth-order valence-electron chi connectivity index (χ4n) is 3.34. The van der Waals surface area contributed by atoms with Crippen molar-refractivity contribution in [3.05, 3.63) is 83.7 Å². The zero-order valence-corrected chi connectivity index (χ0v) is 18.2. The van der Waals surface area contributed by atoms with Gasteiger partial charge in [0.05, 0.1) is 18.6 Å². The molecule has 6 heteroatoms. The molecule has 0 aliphatic heterocycles. The van der Waals surface area contributed by atoms with Crippen LogP contribution in [-0.4, -0.2) is 30.4 Å². The van der Waals surface area contributed by atoms with Crippen molar-refractivity contribution in [2.24, 2.45) is 0 Å². The van der Waals surface area contributed by atoms with Gasteiger partial charge in [0.2, 0.25) is 10.0 Å². The molecule has 0 aliphatic carbocycles. The number of sulfonamides is 1. The quantitative estimate of drug-likeness (QED) is 0.549. The van der Waals surface area contributed by atoms with Gasteiger partial charge in [-0.25, -0.2) is 8.42 Å². The number of ether oxygens (including phenoxy) is 1. The van der Waals surface area contributed by atoms with Crippen molar-refractivity contribution in [2.75, 3.05) is 7.11 Å². The van der Waals surface area contributed by atoms with Crippen LogP contribution in [0.1, 0.15) is 30.7 Å². The maximum atomic E-state index is 13.3. The molecule has 0 amide bonds. The number of nitrogens with zero attached hydrogens (tertiary/aromatic N) is 2. The van der Waals surface area contributed by atoms with Crippen LogP contribution in [0.4, 0.5) is 0 Å². The van der Waals surface area contributed by atoms with Crippen LogP contribution < -0.4 is 4.74 Å². The minimum absolute atomic E-state index is 0.176. The van der Waals surface area contributed by atoms with Gasteiger partial charge in [-0.3, -0.25) is 0 Å². The average Bonchev–Trinajstić information content (AvgIpc) is 3.12. The molecule has 29 heavy (non-hydrogen) atoms.